The maximum atomic E-state index is 12.9. The van der Waals surface area contributed by atoms with Gasteiger partial charge >= 0.3 is 0 Å². The minimum Gasteiger partial charge on any atom is -0.481 e. The zero-order chi connectivity index (χ0) is 21.3. The Kier molecular flexibility index (Phi) is 5.69. The predicted molar refractivity (Wildman–Crippen MR) is 125 cm³/mol. The molecule has 0 unspecified atom stereocenters. The van der Waals surface area contributed by atoms with Gasteiger partial charge in [-0.15, -0.1) is 0 Å². The van der Waals surface area contributed by atoms with E-state index in [4.69, 9.17) is 16.3 Å². The lowest BCUT2D eigenvalue weighted by atomic mass is 10.1. The van der Waals surface area contributed by atoms with Crippen LogP contribution in [0.25, 0.3) is 21.8 Å². The monoisotopic (exact) mass is 420 g/mol. The number of anilines is 1. The van der Waals surface area contributed by atoms with Gasteiger partial charge in [0.25, 0.3) is 5.91 Å². The van der Waals surface area contributed by atoms with Crippen LogP contribution in [0.4, 0.5) is 5.69 Å². The second-order valence-corrected chi connectivity index (χ2v) is 7.82. The summed E-state index contributed by atoms with van der Waals surface area (Å²) in [4.78, 5) is 12.9. The van der Waals surface area contributed by atoms with Gasteiger partial charge in [0.15, 0.2) is 6.10 Å². The molecule has 4 aromatic rings. The van der Waals surface area contributed by atoms with Crippen LogP contribution in [-0.2, 0) is 11.3 Å². The lowest BCUT2D eigenvalue weighted by molar-refractivity contribution is -0.122. The molecular weight excluding hydrogens is 396 g/mol. The van der Waals surface area contributed by atoms with E-state index in [0.717, 1.165) is 28.7 Å². The third kappa shape index (κ3) is 3.75. The van der Waals surface area contributed by atoms with E-state index in [0.29, 0.717) is 17.2 Å². The van der Waals surface area contributed by atoms with Gasteiger partial charge in [0.2, 0.25) is 0 Å². The Balaban J connectivity index is 1.60. The van der Waals surface area contributed by atoms with E-state index < -0.39 is 6.10 Å². The fourth-order valence-electron chi connectivity index (χ4n) is 3.87. The Morgan fingerprint density at radius 2 is 1.80 bits per heavy atom. The van der Waals surface area contributed by atoms with E-state index in [9.17, 15) is 4.79 Å². The van der Waals surface area contributed by atoms with Gasteiger partial charge < -0.3 is 14.6 Å². The van der Waals surface area contributed by atoms with Gasteiger partial charge in [-0.25, -0.2) is 0 Å². The summed E-state index contributed by atoms with van der Waals surface area (Å²) in [5.41, 5.74) is 4.05. The van der Waals surface area contributed by atoms with Gasteiger partial charge in [0.05, 0.1) is 0 Å². The molecule has 1 amide bonds. The van der Waals surface area contributed by atoms with Crippen LogP contribution in [0.15, 0.2) is 60.7 Å². The molecule has 154 valence electrons. The molecule has 0 aliphatic carbocycles. The number of aryl methyl sites for hydroxylation is 2. The number of hydrogen-bond donors (Lipinski definition) is 1. The highest BCUT2D eigenvalue weighted by atomic mass is 35.5. The van der Waals surface area contributed by atoms with Crippen molar-refractivity contribution in [2.45, 2.75) is 39.8 Å². The van der Waals surface area contributed by atoms with Crippen molar-refractivity contribution in [2.75, 3.05) is 5.32 Å². The first kappa shape index (κ1) is 20.3. The van der Waals surface area contributed by atoms with Crippen molar-refractivity contribution < 1.29 is 9.53 Å². The van der Waals surface area contributed by atoms with Crippen LogP contribution in [-0.4, -0.2) is 16.6 Å². The van der Waals surface area contributed by atoms with E-state index >= 15 is 0 Å². The van der Waals surface area contributed by atoms with E-state index in [1.807, 2.05) is 38.1 Å². The average Bonchev–Trinajstić information content (AvgIpc) is 3.07. The third-order valence-electron chi connectivity index (χ3n) is 5.43. The molecule has 30 heavy (non-hydrogen) atoms. The first-order chi connectivity index (χ1) is 14.5. The predicted octanol–water partition coefficient (Wildman–Crippen LogP) is 6.57. The molecule has 1 heterocycles. The number of nitrogens with one attached hydrogen (secondary N) is 1. The number of rotatable bonds is 6. The molecule has 0 aliphatic heterocycles. The van der Waals surface area contributed by atoms with E-state index in [1.54, 1.807) is 12.1 Å². The molecule has 5 heteroatoms. The number of nitrogens with zero attached hydrogens (tertiary/aromatic N) is 1. The second kappa shape index (κ2) is 8.41. The van der Waals surface area contributed by atoms with Gasteiger partial charge in [-0.2, -0.15) is 0 Å². The molecular formula is C25H25ClN2O2. The van der Waals surface area contributed by atoms with Crippen LogP contribution in [0.5, 0.6) is 5.75 Å². The molecule has 0 saturated carbocycles. The van der Waals surface area contributed by atoms with Crippen LogP contribution < -0.4 is 10.1 Å². The molecule has 0 saturated heterocycles. The Morgan fingerprint density at radius 3 is 2.53 bits per heavy atom. The topological polar surface area (TPSA) is 43.3 Å². The number of ether oxygens (including phenoxy) is 1. The van der Waals surface area contributed by atoms with Crippen molar-refractivity contribution in [1.29, 1.82) is 0 Å². The lowest BCUT2D eigenvalue weighted by Crippen LogP contribution is -2.32. The molecule has 4 rings (SSSR count). The minimum absolute atomic E-state index is 0.163. The molecule has 0 bridgehead atoms. The Bertz CT molecular complexity index is 1230. The van der Waals surface area contributed by atoms with Gasteiger partial charge in [-0.1, -0.05) is 36.7 Å². The summed E-state index contributed by atoms with van der Waals surface area (Å²) in [6, 6.07) is 19.8. The van der Waals surface area contributed by atoms with Crippen LogP contribution in [0.2, 0.25) is 5.02 Å². The van der Waals surface area contributed by atoms with Crippen molar-refractivity contribution in [3.63, 3.8) is 0 Å². The van der Waals surface area contributed by atoms with Crippen molar-refractivity contribution in [3.8, 4) is 5.75 Å². The maximum absolute atomic E-state index is 12.9. The van der Waals surface area contributed by atoms with Crippen LogP contribution in [0, 0.1) is 6.92 Å². The van der Waals surface area contributed by atoms with Gasteiger partial charge in [0, 0.05) is 39.1 Å². The fourth-order valence-corrected chi connectivity index (χ4v) is 3.99. The van der Waals surface area contributed by atoms with E-state index in [1.165, 1.54) is 10.9 Å². The van der Waals surface area contributed by atoms with Gasteiger partial charge in [-0.05, 0) is 68.3 Å². The largest absolute Gasteiger partial charge is 0.481 e. The summed E-state index contributed by atoms with van der Waals surface area (Å²) in [5.74, 6) is 0.476. The Morgan fingerprint density at radius 1 is 1.03 bits per heavy atom. The molecule has 3 aromatic carbocycles. The van der Waals surface area contributed by atoms with E-state index in [2.05, 4.69) is 41.1 Å². The standard InChI is InChI=1S/C25H25ClN2O2/c1-4-24(30-18-11-12-21(26)16(3)14-18)25(29)27-17-10-13-23-20(15-17)19-8-6-7-9-22(19)28(23)5-2/h6-15,24H,4-5H2,1-3H3,(H,27,29)/t24-/m0/s1. The van der Waals surface area contributed by atoms with E-state index in [-0.39, 0.29) is 5.91 Å². The normalized spacial score (nSPS) is 12.3. The number of halogens is 1. The van der Waals surface area contributed by atoms with Gasteiger partial charge in [-0.3, -0.25) is 4.79 Å². The van der Waals surface area contributed by atoms with Crippen LogP contribution in [0.1, 0.15) is 25.8 Å². The first-order valence-electron chi connectivity index (χ1n) is 10.3. The Labute approximate surface area is 181 Å². The fraction of sp³-hybridized carbons (Fsp3) is 0.240. The van der Waals surface area contributed by atoms with Crippen LogP contribution >= 0.6 is 11.6 Å². The SMILES string of the molecule is CC[C@H](Oc1ccc(Cl)c(C)c1)C(=O)Nc1ccc2c(c1)c1ccccc1n2CC. The number of carbonyl (C=O) groups is 1. The number of benzene rings is 3. The van der Waals surface area contributed by atoms with Crippen molar-refractivity contribution in [3.05, 3.63) is 71.2 Å². The summed E-state index contributed by atoms with van der Waals surface area (Å²) in [6.07, 6.45) is -0.0245. The highest BCUT2D eigenvalue weighted by Crippen LogP contribution is 2.31. The summed E-state index contributed by atoms with van der Waals surface area (Å²) in [5, 5.41) is 6.02. The number of para-hydroxylation sites is 1. The summed E-state index contributed by atoms with van der Waals surface area (Å²) in [6.45, 7) is 6.88. The smallest absolute Gasteiger partial charge is 0.265 e. The minimum atomic E-state index is -0.585. The van der Waals surface area contributed by atoms with Gasteiger partial charge in [0.1, 0.15) is 5.75 Å². The van der Waals surface area contributed by atoms with Crippen molar-refractivity contribution in [2.24, 2.45) is 0 Å². The third-order valence-corrected chi connectivity index (χ3v) is 5.85. The number of aromatic nitrogens is 1. The summed E-state index contributed by atoms with van der Waals surface area (Å²) in [7, 11) is 0. The quantitative estimate of drug-likeness (QED) is 0.383. The van der Waals surface area contributed by atoms with Crippen molar-refractivity contribution >= 4 is 45.0 Å². The zero-order valence-corrected chi connectivity index (χ0v) is 18.2. The average molecular weight is 421 g/mol. The number of hydrogen-bond acceptors (Lipinski definition) is 2. The Hall–Kier alpha value is -2.98. The lowest BCUT2D eigenvalue weighted by Gasteiger charge is -2.18. The second-order valence-electron chi connectivity index (χ2n) is 7.41. The van der Waals surface area contributed by atoms with Crippen LogP contribution in [0.3, 0.4) is 0 Å². The molecule has 1 aromatic heterocycles. The highest BCUT2D eigenvalue weighted by Gasteiger charge is 2.19. The highest BCUT2D eigenvalue weighted by molar-refractivity contribution is 6.31. The number of carbonyl (C=O) groups excluding carboxylic acids is 1. The molecule has 4 nitrogen and oxygen atoms in total. The molecule has 0 aliphatic rings. The van der Waals surface area contributed by atoms with Crippen molar-refractivity contribution in [1.82, 2.24) is 4.57 Å². The molecule has 1 N–H and O–H groups in total. The first-order valence-corrected chi connectivity index (χ1v) is 10.6. The maximum Gasteiger partial charge on any atom is 0.265 e. The number of fused-ring (bicyclic) bond motifs is 3. The molecule has 0 fully saturated rings. The summed E-state index contributed by atoms with van der Waals surface area (Å²) < 4.78 is 8.23. The zero-order valence-electron chi connectivity index (χ0n) is 17.4. The molecule has 0 radical (unpaired) electrons. The molecule has 1 atom stereocenters. The molecule has 0 spiro atoms. The summed E-state index contributed by atoms with van der Waals surface area (Å²) >= 11 is 6.09. The number of amides is 1.